The van der Waals surface area contributed by atoms with E-state index < -0.39 is 0 Å². The largest absolute Gasteiger partial charge is 0.335 e. The number of imidazole rings is 1. The van der Waals surface area contributed by atoms with Crippen LogP contribution < -0.4 is 0 Å². The lowest BCUT2D eigenvalue weighted by molar-refractivity contribution is 1.25. The van der Waals surface area contributed by atoms with E-state index in [1.54, 1.807) is 35.2 Å². The monoisotopic (exact) mass is 413 g/mol. The summed E-state index contributed by atoms with van der Waals surface area (Å²) in [7, 11) is 0. The predicted molar refractivity (Wildman–Crippen MR) is 119 cm³/mol. The summed E-state index contributed by atoms with van der Waals surface area (Å²) in [4.78, 5) is 17.5. The summed E-state index contributed by atoms with van der Waals surface area (Å²) in [5, 5.41) is 12.0. The zero-order chi connectivity index (χ0) is 19.8. The number of nitrogens with zero attached hydrogens (tertiary/aromatic N) is 4. The first-order valence-corrected chi connectivity index (χ1v) is 10.9. The van der Waals surface area contributed by atoms with Crippen molar-refractivity contribution in [3.63, 3.8) is 0 Å². The van der Waals surface area contributed by atoms with Gasteiger partial charge in [-0.2, -0.15) is 5.26 Å². The van der Waals surface area contributed by atoms with Gasteiger partial charge in [0.05, 0.1) is 28.6 Å². The number of thioether (sulfide) groups is 1. The van der Waals surface area contributed by atoms with E-state index in [0.717, 1.165) is 50.5 Å². The number of aryl methyl sites for hydroxylation is 1. The number of fused-ring (bicyclic) bond motifs is 1. The minimum atomic E-state index is 0.629. The number of aliphatic imine (C=N–C) groups is 1. The molecule has 0 aliphatic carbocycles. The molecule has 7 heteroatoms. The lowest BCUT2D eigenvalue weighted by Crippen LogP contribution is -1.90. The molecule has 0 unspecified atom stereocenters. The summed E-state index contributed by atoms with van der Waals surface area (Å²) in [6.07, 6.45) is 0. The summed E-state index contributed by atoms with van der Waals surface area (Å²) in [6.45, 7) is 1.99. The number of hydrogen-bond acceptors (Lipinski definition) is 6. The highest BCUT2D eigenvalue weighted by Crippen LogP contribution is 2.37. The normalized spacial score (nSPS) is 12.6. The van der Waals surface area contributed by atoms with Gasteiger partial charge in [0.1, 0.15) is 16.5 Å². The van der Waals surface area contributed by atoms with E-state index in [4.69, 9.17) is 10.2 Å². The van der Waals surface area contributed by atoms with Gasteiger partial charge in [0, 0.05) is 28.0 Å². The Balaban J connectivity index is 1.66. The third-order valence-electron chi connectivity index (χ3n) is 4.68. The van der Waals surface area contributed by atoms with Crippen molar-refractivity contribution in [1.29, 1.82) is 5.26 Å². The number of nitriles is 1. The fourth-order valence-electron chi connectivity index (χ4n) is 3.24. The number of rotatable bonds is 3. The minimum Gasteiger partial charge on any atom is -0.335 e. The summed E-state index contributed by atoms with van der Waals surface area (Å²) in [5.74, 6) is 1.67. The smallest absolute Gasteiger partial charge is 0.142 e. The summed E-state index contributed by atoms with van der Waals surface area (Å²) >= 11 is 3.30. The Morgan fingerprint density at radius 1 is 1.07 bits per heavy atom. The van der Waals surface area contributed by atoms with Crippen molar-refractivity contribution in [1.82, 2.24) is 15.0 Å². The third-order valence-corrected chi connectivity index (χ3v) is 6.39. The van der Waals surface area contributed by atoms with Crippen molar-refractivity contribution >= 4 is 34.3 Å². The van der Waals surface area contributed by atoms with Crippen LogP contribution in [0, 0.1) is 18.3 Å². The zero-order valence-electron chi connectivity index (χ0n) is 15.5. The van der Waals surface area contributed by atoms with E-state index in [9.17, 15) is 0 Å². The second kappa shape index (κ2) is 7.32. The van der Waals surface area contributed by atoms with Crippen LogP contribution >= 0.6 is 23.1 Å². The van der Waals surface area contributed by atoms with Crippen LogP contribution in [0.25, 0.3) is 33.3 Å². The quantitative estimate of drug-likeness (QED) is 0.450. The summed E-state index contributed by atoms with van der Waals surface area (Å²) in [6, 6.07) is 15.9. The Bertz CT molecular complexity index is 1280. The van der Waals surface area contributed by atoms with Crippen LogP contribution in [0.5, 0.6) is 0 Å². The van der Waals surface area contributed by atoms with E-state index in [0.29, 0.717) is 5.56 Å². The second-order valence-electron chi connectivity index (χ2n) is 6.68. The van der Waals surface area contributed by atoms with Crippen LogP contribution in [-0.2, 0) is 5.75 Å². The molecule has 0 spiro atoms. The number of hydrogen-bond donors (Lipinski definition) is 1. The van der Waals surface area contributed by atoms with Gasteiger partial charge < -0.3 is 4.98 Å². The Hall–Kier alpha value is -3.21. The van der Waals surface area contributed by atoms with Gasteiger partial charge in [-0.1, -0.05) is 6.07 Å². The number of H-pyrrole nitrogens is 1. The molecule has 3 heterocycles. The topological polar surface area (TPSA) is 77.7 Å². The Kier molecular flexibility index (Phi) is 4.51. The highest BCUT2D eigenvalue weighted by molar-refractivity contribution is 8.11. The number of aromatic amines is 1. The van der Waals surface area contributed by atoms with Crippen LogP contribution in [0.4, 0.5) is 5.69 Å². The first-order chi connectivity index (χ1) is 14.2. The van der Waals surface area contributed by atoms with Crippen molar-refractivity contribution in [3.8, 4) is 39.4 Å². The van der Waals surface area contributed by atoms with Crippen molar-refractivity contribution in [2.75, 3.05) is 0 Å². The van der Waals surface area contributed by atoms with Crippen LogP contribution in [0.3, 0.4) is 0 Å². The molecule has 1 N–H and O–H groups in total. The van der Waals surface area contributed by atoms with E-state index in [1.165, 1.54) is 5.56 Å². The molecule has 1 aliphatic heterocycles. The van der Waals surface area contributed by atoms with E-state index in [2.05, 4.69) is 33.2 Å². The molecule has 29 heavy (non-hydrogen) atoms. The predicted octanol–water partition coefficient (Wildman–Crippen LogP) is 5.95. The lowest BCUT2D eigenvalue weighted by atomic mass is 10.1. The molecular weight excluding hydrogens is 398 g/mol. The second-order valence-corrected chi connectivity index (χ2v) is 8.37. The summed E-state index contributed by atoms with van der Waals surface area (Å²) < 4.78 is 0. The Morgan fingerprint density at radius 3 is 2.66 bits per heavy atom. The van der Waals surface area contributed by atoms with Crippen molar-refractivity contribution in [2.24, 2.45) is 4.99 Å². The number of thiazole rings is 1. The average Bonchev–Trinajstić information content (AvgIpc) is 3.40. The fourth-order valence-corrected chi connectivity index (χ4v) is 4.71. The third kappa shape index (κ3) is 3.37. The molecule has 0 fully saturated rings. The van der Waals surface area contributed by atoms with Gasteiger partial charge in [-0.3, -0.25) is 0 Å². The fraction of sp³-hybridized carbons (Fsp3) is 0.0909. The molecule has 2 aromatic carbocycles. The Labute approximate surface area is 176 Å². The number of aromatic nitrogens is 3. The molecule has 140 valence electrons. The molecule has 0 saturated carbocycles. The van der Waals surface area contributed by atoms with Crippen LogP contribution in [0.2, 0.25) is 0 Å². The van der Waals surface area contributed by atoms with E-state index in [1.807, 2.05) is 36.0 Å². The van der Waals surface area contributed by atoms with Crippen LogP contribution in [0.15, 0.2) is 52.8 Å². The highest BCUT2D eigenvalue weighted by Gasteiger charge is 2.19. The van der Waals surface area contributed by atoms with Gasteiger partial charge in [0.2, 0.25) is 0 Å². The molecule has 0 saturated heterocycles. The van der Waals surface area contributed by atoms with Crippen LogP contribution in [0.1, 0.15) is 16.8 Å². The van der Waals surface area contributed by atoms with Crippen LogP contribution in [-0.4, -0.2) is 20.5 Å². The lowest BCUT2D eigenvalue weighted by Gasteiger charge is -2.10. The molecule has 0 amide bonds. The molecule has 0 radical (unpaired) electrons. The first kappa shape index (κ1) is 17.9. The van der Waals surface area contributed by atoms with Crippen molar-refractivity contribution < 1.29 is 0 Å². The molecule has 0 bridgehead atoms. The minimum absolute atomic E-state index is 0.629. The first-order valence-electron chi connectivity index (χ1n) is 9.02. The maximum absolute atomic E-state index is 9.05. The molecule has 4 aromatic rings. The van der Waals surface area contributed by atoms with Crippen molar-refractivity contribution in [2.45, 2.75) is 12.7 Å². The van der Waals surface area contributed by atoms with Crippen molar-refractivity contribution in [3.05, 3.63) is 64.7 Å². The number of nitrogens with one attached hydrogen (secondary N) is 1. The zero-order valence-corrected chi connectivity index (χ0v) is 17.1. The highest BCUT2D eigenvalue weighted by atomic mass is 32.2. The van der Waals surface area contributed by atoms with E-state index in [-0.39, 0.29) is 0 Å². The average molecular weight is 414 g/mol. The molecule has 2 aromatic heterocycles. The standard InChI is InChI=1S/C22H15N5S2/c1-13-10-29-22(25-13)20-19(16-6-7-18-17(8-16)11-28-12-24-18)26-21(27-20)15-4-2-14(9-23)3-5-15/h2-8,10,12H,11H2,1H3,(H,26,27). The SMILES string of the molecule is Cc1csc(-c2[nH]c(-c3ccc(C#N)cc3)nc2-c2ccc3c(c2)CSC=N3)n1. The maximum atomic E-state index is 9.05. The van der Waals surface area contributed by atoms with Gasteiger partial charge in [-0.25, -0.2) is 15.0 Å². The maximum Gasteiger partial charge on any atom is 0.142 e. The summed E-state index contributed by atoms with van der Waals surface area (Å²) in [5.41, 5.74) is 9.49. The van der Waals surface area contributed by atoms with Gasteiger partial charge in [-0.15, -0.1) is 23.1 Å². The number of benzene rings is 2. The molecule has 0 atom stereocenters. The molecule has 5 rings (SSSR count). The van der Waals surface area contributed by atoms with Gasteiger partial charge in [-0.05, 0) is 48.9 Å². The molecule has 1 aliphatic rings. The van der Waals surface area contributed by atoms with E-state index >= 15 is 0 Å². The molecular formula is C22H15N5S2. The van der Waals surface area contributed by atoms with Gasteiger partial charge in [0.15, 0.2) is 0 Å². The molecule has 5 nitrogen and oxygen atoms in total. The Morgan fingerprint density at radius 2 is 1.90 bits per heavy atom. The van der Waals surface area contributed by atoms with Gasteiger partial charge in [0.25, 0.3) is 0 Å². The van der Waals surface area contributed by atoms with Gasteiger partial charge >= 0.3 is 0 Å².